The molecular weight excluding hydrogens is 550 g/mol. The highest BCUT2D eigenvalue weighted by molar-refractivity contribution is 6.30. The van der Waals surface area contributed by atoms with Gasteiger partial charge in [-0.3, -0.25) is 24.7 Å². The van der Waals surface area contributed by atoms with Crippen molar-refractivity contribution in [2.24, 2.45) is 5.41 Å². The number of hydrogen-bond donors (Lipinski definition) is 1. The lowest BCUT2D eigenvalue weighted by atomic mass is 9.72. The van der Waals surface area contributed by atoms with Crippen LogP contribution in [0.4, 0.5) is 4.79 Å². The molecule has 2 atom stereocenters. The number of carbonyl (C=O) groups excluding carboxylic acids is 3. The Balaban J connectivity index is 1.01. The van der Waals surface area contributed by atoms with Crippen LogP contribution in [0, 0.1) is 5.41 Å². The summed E-state index contributed by atoms with van der Waals surface area (Å²) in [5.41, 5.74) is 7.51. The highest BCUT2D eigenvalue weighted by Crippen LogP contribution is 2.44. The van der Waals surface area contributed by atoms with Gasteiger partial charge in [-0.2, -0.15) is 0 Å². The monoisotopic (exact) mass is 587 g/mol. The number of benzene rings is 2. The summed E-state index contributed by atoms with van der Waals surface area (Å²) in [4.78, 5) is 42.2. The number of allylic oxidation sites excluding steroid dienone is 1. The Kier molecular flexibility index (Phi) is 6.91. The van der Waals surface area contributed by atoms with Gasteiger partial charge >= 0.3 is 6.03 Å². The predicted octanol–water partition coefficient (Wildman–Crippen LogP) is 5.08. The van der Waals surface area contributed by atoms with E-state index in [2.05, 4.69) is 53.2 Å². The van der Waals surface area contributed by atoms with Gasteiger partial charge in [0.05, 0.1) is 13.1 Å². The third-order valence-corrected chi connectivity index (χ3v) is 10.2. The number of piperazine rings is 1. The molecule has 2 bridgehead atoms. The molecule has 0 spiro atoms. The molecule has 1 aliphatic carbocycles. The molecule has 4 aliphatic heterocycles. The summed E-state index contributed by atoms with van der Waals surface area (Å²) in [6.07, 6.45) is 4.89. The van der Waals surface area contributed by atoms with Gasteiger partial charge in [-0.05, 0) is 71.6 Å². The molecule has 0 saturated carbocycles. The van der Waals surface area contributed by atoms with Gasteiger partial charge in [-0.15, -0.1) is 0 Å². The van der Waals surface area contributed by atoms with Crippen molar-refractivity contribution in [3.05, 3.63) is 75.3 Å². The van der Waals surface area contributed by atoms with Gasteiger partial charge in [0.25, 0.3) is 5.91 Å². The van der Waals surface area contributed by atoms with E-state index in [0.717, 1.165) is 49.6 Å². The molecule has 1 N–H and O–H groups in total. The Hall–Kier alpha value is -3.20. The minimum atomic E-state index is -0.529. The number of hydrazine groups is 1. The number of halogens is 1. The zero-order valence-corrected chi connectivity index (χ0v) is 25.1. The fraction of sp³-hybridized carbons (Fsp3) is 0.485. The molecule has 4 amide bonds. The van der Waals surface area contributed by atoms with Crippen LogP contribution in [0.2, 0.25) is 5.02 Å². The smallest absolute Gasteiger partial charge is 0.294 e. The summed E-state index contributed by atoms with van der Waals surface area (Å²) in [5.74, 6) is -0.488. The van der Waals surface area contributed by atoms with Crippen LogP contribution in [0.25, 0.3) is 5.57 Å². The Morgan fingerprint density at radius 3 is 2.38 bits per heavy atom. The first kappa shape index (κ1) is 27.6. The lowest BCUT2D eigenvalue weighted by Gasteiger charge is -2.38. The van der Waals surface area contributed by atoms with Crippen molar-refractivity contribution in [3.8, 4) is 0 Å². The zero-order chi connectivity index (χ0) is 29.2. The van der Waals surface area contributed by atoms with Crippen LogP contribution in [0.1, 0.15) is 73.0 Å². The topological polar surface area (TPSA) is 76.2 Å². The fourth-order valence-corrected chi connectivity index (χ4v) is 7.73. The molecule has 2 aromatic rings. The van der Waals surface area contributed by atoms with Gasteiger partial charge in [-0.1, -0.05) is 55.3 Å². The van der Waals surface area contributed by atoms with E-state index in [1.807, 2.05) is 18.2 Å². The van der Waals surface area contributed by atoms with Gasteiger partial charge in [0.1, 0.15) is 0 Å². The molecule has 5 aliphatic rings. The highest BCUT2D eigenvalue weighted by atomic mass is 35.5. The van der Waals surface area contributed by atoms with Crippen LogP contribution in [0.5, 0.6) is 0 Å². The zero-order valence-electron chi connectivity index (χ0n) is 24.4. The van der Waals surface area contributed by atoms with Gasteiger partial charge < -0.3 is 0 Å². The van der Waals surface area contributed by atoms with Gasteiger partial charge in [0, 0.05) is 55.3 Å². The van der Waals surface area contributed by atoms with Crippen LogP contribution >= 0.6 is 11.6 Å². The number of urea groups is 1. The summed E-state index contributed by atoms with van der Waals surface area (Å²) in [6.45, 7) is 9.40. The maximum absolute atomic E-state index is 13.0. The first-order valence-corrected chi connectivity index (χ1v) is 15.5. The molecule has 9 heteroatoms. The molecule has 0 radical (unpaired) electrons. The van der Waals surface area contributed by atoms with Crippen LogP contribution < -0.4 is 5.32 Å². The summed E-state index contributed by atoms with van der Waals surface area (Å²) < 4.78 is 0. The summed E-state index contributed by atoms with van der Waals surface area (Å²) in [7, 11) is 0. The van der Waals surface area contributed by atoms with Gasteiger partial charge in [0.15, 0.2) is 0 Å². The van der Waals surface area contributed by atoms with Crippen LogP contribution in [0.3, 0.4) is 0 Å². The van der Waals surface area contributed by atoms with Crippen molar-refractivity contribution < 1.29 is 14.4 Å². The van der Waals surface area contributed by atoms with Crippen molar-refractivity contribution in [3.63, 3.8) is 0 Å². The quantitative estimate of drug-likeness (QED) is 0.510. The Morgan fingerprint density at radius 1 is 0.929 bits per heavy atom. The number of fused-ring (bicyclic) bond motifs is 3. The maximum Gasteiger partial charge on any atom is 0.342 e. The van der Waals surface area contributed by atoms with Crippen LogP contribution in [-0.2, 0) is 17.9 Å². The van der Waals surface area contributed by atoms with Gasteiger partial charge in [0.2, 0.25) is 5.91 Å². The van der Waals surface area contributed by atoms with Crippen molar-refractivity contribution in [2.75, 3.05) is 26.2 Å². The standard InChI is InChI=1S/C33H38ClN5O3/c1-33(2)11-9-23(29(15-33)22-4-6-25(34)7-5-22)17-37-20-26-14-27(37)19-36(26)16-21-3-8-28-24(13-21)18-39(31(28)41)38-12-10-30(40)35-32(38)42/h3-8,13,26-27H,9-12,14-20H2,1-2H3,(H,35,40,42)/t26-,27-/m1/s1. The molecule has 4 heterocycles. The average Bonchev–Trinajstić information content (AvgIpc) is 3.62. The van der Waals surface area contributed by atoms with Crippen molar-refractivity contribution in [2.45, 2.75) is 71.1 Å². The number of amides is 4. The number of nitrogens with one attached hydrogen (secondary N) is 1. The van der Waals surface area contributed by atoms with E-state index in [9.17, 15) is 14.4 Å². The third kappa shape index (κ3) is 5.14. The number of hydrogen-bond acceptors (Lipinski definition) is 5. The largest absolute Gasteiger partial charge is 0.342 e. The van der Waals surface area contributed by atoms with E-state index >= 15 is 0 Å². The second kappa shape index (κ2) is 10.5. The van der Waals surface area contributed by atoms with Gasteiger partial charge in [-0.25, -0.2) is 14.8 Å². The molecule has 3 fully saturated rings. The molecule has 7 rings (SSSR count). The normalized spacial score (nSPS) is 25.9. The molecule has 8 nitrogen and oxygen atoms in total. The Morgan fingerprint density at radius 2 is 1.67 bits per heavy atom. The lowest BCUT2D eigenvalue weighted by Crippen LogP contribution is -2.56. The maximum atomic E-state index is 13.0. The molecule has 220 valence electrons. The predicted molar refractivity (Wildman–Crippen MR) is 161 cm³/mol. The van der Waals surface area contributed by atoms with Crippen molar-refractivity contribution in [1.29, 1.82) is 0 Å². The number of likely N-dealkylation sites (tertiary alicyclic amines) is 2. The van der Waals surface area contributed by atoms with E-state index < -0.39 is 6.03 Å². The second-order valence-electron chi connectivity index (χ2n) is 13.4. The molecule has 0 unspecified atom stereocenters. The minimum absolute atomic E-state index is 0.185. The summed E-state index contributed by atoms with van der Waals surface area (Å²) in [5, 5.41) is 5.92. The Bertz CT molecular complexity index is 1490. The van der Waals surface area contributed by atoms with E-state index in [-0.39, 0.29) is 24.8 Å². The number of imide groups is 1. The fourth-order valence-electron chi connectivity index (χ4n) is 7.60. The molecule has 3 saturated heterocycles. The number of carbonyl (C=O) groups is 3. The summed E-state index contributed by atoms with van der Waals surface area (Å²) in [6, 6.07) is 15.0. The number of nitrogens with zero attached hydrogens (tertiary/aromatic N) is 4. The molecule has 42 heavy (non-hydrogen) atoms. The SMILES string of the molecule is CC1(C)CCC(CN2C[C@H]3C[C@@H]2CN3Cc2ccc3c(c2)CN(N2CCC(=O)NC2=O)C3=O)=C(c2ccc(Cl)cc2)C1. The van der Waals surface area contributed by atoms with E-state index in [4.69, 9.17) is 11.6 Å². The molecular formula is C33H38ClN5O3. The second-order valence-corrected chi connectivity index (χ2v) is 13.8. The average molecular weight is 588 g/mol. The number of rotatable bonds is 6. The molecule has 0 aromatic heterocycles. The third-order valence-electron chi connectivity index (χ3n) is 9.90. The van der Waals surface area contributed by atoms with E-state index in [1.54, 1.807) is 5.57 Å². The minimum Gasteiger partial charge on any atom is -0.294 e. The lowest BCUT2D eigenvalue weighted by molar-refractivity contribution is -0.123. The Labute approximate surface area is 252 Å². The highest BCUT2D eigenvalue weighted by Gasteiger charge is 2.44. The van der Waals surface area contributed by atoms with Crippen molar-refractivity contribution >= 4 is 35.0 Å². The van der Waals surface area contributed by atoms with E-state index in [0.29, 0.717) is 29.6 Å². The van der Waals surface area contributed by atoms with Crippen LogP contribution in [-0.4, -0.2) is 75.9 Å². The van der Waals surface area contributed by atoms with Crippen LogP contribution in [0.15, 0.2) is 48.0 Å². The summed E-state index contributed by atoms with van der Waals surface area (Å²) >= 11 is 6.20. The molecule has 2 aromatic carbocycles. The first-order valence-electron chi connectivity index (χ1n) is 15.1. The van der Waals surface area contributed by atoms with E-state index in [1.165, 1.54) is 39.6 Å². The van der Waals surface area contributed by atoms with Crippen molar-refractivity contribution in [1.82, 2.24) is 25.1 Å². The first-order chi connectivity index (χ1) is 20.1.